The summed E-state index contributed by atoms with van der Waals surface area (Å²) in [6.45, 7) is 4.07. The lowest BCUT2D eigenvalue weighted by Crippen LogP contribution is -2.25. The molecule has 1 heterocycles. The van der Waals surface area contributed by atoms with E-state index < -0.39 is 5.97 Å². The van der Waals surface area contributed by atoms with E-state index in [0.717, 1.165) is 11.3 Å². The van der Waals surface area contributed by atoms with Crippen molar-refractivity contribution in [3.8, 4) is 0 Å². The first kappa shape index (κ1) is 17.2. The minimum absolute atomic E-state index is 0.0169. The molecule has 7 heteroatoms. The smallest absolute Gasteiger partial charge is 0.303 e. The molecule has 0 fully saturated rings. The first-order valence-electron chi connectivity index (χ1n) is 6.84. The van der Waals surface area contributed by atoms with Crippen LogP contribution in [0.3, 0.4) is 0 Å². The van der Waals surface area contributed by atoms with Crippen LogP contribution < -0.4 is 10.6 Å². The Labute approximate surface area is 127 Å². The van der Waals surface area contributed by atoms with Crippen molar-refractivity contribution in [3.05, 3.63) is 16.5 Å². The summed E-state index contributed by atoms with van der Waals surface area (Å²) in [7, 11) is 0. The van der Waals surface area contributed by atoms with Crippen LogP contribution in [0.2, 0.25) is 0 Å². The Hall–Kier alpha value is -1.89. The van der Waals surface area contributed by atoms with Gasteiger partial charge in [0, 0.05) is 24.3 Å². The van der Waals surface area contributed by atoms with E-state index in [4.69, 9.17) is 5.11 Å². The van der Waals surface area contributed by atoms with Gasteiger partial charge in [-0.2, -0.15) is 0 Å². The number of rotatable bonds is 8. The summed E-state index contributed by atoms with van der Waals surface area (Å²) in [5, 5.41) is 14.5. The standard InChI is InChI=1S/C14H20N2O4S/c1-3-5-11(17)16-14-10(8-9(2)21-14)13(20)15-7-4-6-12(18)19/h8H,3-7H2,1-2H3,(H,15,20)(H,16,17)(H,18,19). The summed E-state index contributed by atoms with van der Waals surface area (Å²) in [6.07, 6.45) is 1.55. The SMILES string of the molecule is CCCC(=O)Nc1sc(C)cc1C(=O)NCCCC(=O)O. The predicted molar refractivity (Wildman–Crippen MR) is 81.8 cm³/mol. The van der Waals surface area contributed by atoms with E-state index in [2.05, 4.69) is 10.6 Å². The van der Waals surface area contributed by atoms with Gasteiger partial charge < -0.3 is 15.7 Å². The molecule has 3 N–H and O–H groups in total. The molecule has 0 bridgehead atoms. The Kier molecular flexibility index (Phi) is 6.87. The number of carboxylic acid groups (broad SMARTS) is 1. The fraction of sp³-hybridized carbons (Fsp3) is 0.500. The summed E-state index contributed by atoms with van der Waals surface area (Å²) in [4.78, 5) is 35.0. The number of hydrogen-bond donors (Lipinski definition) is 3. The Bertz CT molecular complexity index is 525. The predicted octanol–water partition coefficient (Wildman–Crippen LogP) is 2.39. The monoisotopic (exact) mass is 312 g/mol. The van der Waals surface area contributed by atoms with Gasteiger partial charge in [-0.15, -0.1) is 11.3 Å². The Morgan fingerprint density at radius 1 is 1.29 bits per heavy atom. The summed E-state index contributed by atoms with van der Waals surface area (Å²) in [5.74, 6) is -1.29. The third kappa shape index (κ3) is 5.95. The number of thiophene rings is 1. The van der Waals surface area contributed by atoms with Crippen LogP contribution in [0, 0.1) is 6.92 Å². The molecule has 0 saturated heterocycles. The van der Waals surface area contributed by atoms with E-state index in [1.54, 1.807) is 6.07 Å². The van der Waals surface area contributed by atoms with Crippen LogP contribution in [0.25, 0.3) is 0 Å². The average Bonchev–Trinajstić information content (AvgIpc) is 2.75. The zero-order chi connectivity index (χ0) is 15.8. The summed E-state index contributed by atoms with van der Waals surface area (Å²) in [5.41, 5.74) is 0.428. The molecular weight excluding hydrogens is 292 g/mol. The molecule has 0 aliphatic heterocycles. The summed E-state index contributed by atoms with van der Waals surface area (Å²) < 4.78 is 0. The highest BCUT2D eigenvalue weighted by Crippen LogP contribution is 2.27. The van der Waals surface area contributed by atoms with Gasteiger partial charge in [-0.1, -0.05) is 6.92 Å². The van der Waals surface area contributed by atoms with Gasteiger partial charge in [-0.3, -0.25) is 14.4 Å². The number of aryl methyl sites for hydroxylation is 1. The molecule has 1 aromatic heterocycles. The number of carbonyl (C=O) groups is 3. The van der Waals surface area contributed by atoms with Crippen molar-refractivity contribution in [2.75, 3.05) is 11.9 Å². The van der Waals surface area contributed by atoms with Crippen LogP contribution in [0.15, 0.2) is 6.07 Å². The number of carboxylic acids is 1. The fourth-order valence-electron chi connectivity index (χ4n) is 1.73. The maximum absolute atomic E-state index is 12.1. The molecule has 1 rings (SSSR count). The molecule has 0 atom stereocenters. The Balaban J connectivity index is 2.62. The van der Waals surface area contributed by atoms with Gasteiger partial charge in [0.05, 0.1) is 5.56 Å². The number of hydrogen-bond acceptors (Lipinski definition) is 4. The van der Waals surface area contributed by atoms with Crippen LogP contribution >= 0.6 is 11.3 Å². The van der Waals surface area contributed by atoms with Crippen LogP contribution in [0.1, 0.15) is 47.8 Å². The van der Waals surface area contributed by atoms with Gasteiger partial charge in [0.15, 0.2) is 0 Å². The second-order valence-electron chi connectivity index (χ2n) is 4.65. The molecule has 21 heavy (non-hydrogen) atoms. The first-order valence-corrected chi connectivity index (χ1v) is 7.66. The van der Waals surface area contributed by atoms with Crippen LogP contribution in [0.5, 0.6) is 0 Å². The van der Waals surface area contributed by atoms with E-state index in [0.29, 0.717) is 30.0 Å². The largest absolute Gasteiger partial charge is 0.481 e. The highest BCUT2D eigenvalue weighted by Gasteiger charge is 2.16. The van der Waals surface area contributed by atoms with Gasteiger partial charge in [-0.25, -0.2) is 0 Å². The van der Waals surface area contributed by atoms with Crippen LogP contribution in [0.4, 0.5) is 5.00 Å². The molecule has 0 saturated carbocycles. The van der Waals surface area contributed by atoms with Gasteiger partial charge in [-0.05, 0) is 25.8 Å². The minimum Gasteiger partial charge on any atom is -0.481 e. The van der Waals surface area contributed by atoms with Crippen molar-refractivity contribution in [2.24, 2.45) is 0 Å². The highest BCUT2D eigenvalue weighted by molar-refractivity contribution is 7.16. The quantitative estimate of drug-likeness (QED) is 0.642. The molecule has 0 radical (unpaired) electrons. The maximum atomic E-state index is 12.1. The maximum Gasteiger partial charge on any atom is 0.303 e. The normalized spacial score (nSPS) is 10.2. The number of nitrogens with one attached hydrogen (secondary N) is 2. The van der Waals surface area contributed by atoms with Crippen molar-refractivity contribution in [2.45, 2.75) is 39.5 Å². The third-order valence-corrected chi connectivity index (χ3v) is 3.65. The number of carbonyl (C=O) groups excluding carboxylic acids is 2. The zero-order valence-corrected chi connectivity index (χ0v) is 13.0. The number of amides is 2. The summed E-state index contributed by atoms with van der Waals surface area (Å²) >= 11 is 1.35. The van der Waals surface area contributed by atoms with Crippen LogP contribution in [-0.4, -0.2) is 29.4 Å². The lowest BCUT2D eigenvalue weighted by molar-refractivity contribution is -0.137. The Morgan fingerprint density at radius 3 is 2.62 bits per heavy atom. The van der Waals surface area contributed by atoms with Crippen molar-refractivity contribution >= 4 is 34.1 Å². The van der Waals surface area contributed by atoms with Gasteiger partial charge in [0.1, 0.15) is 5.00 Å². The average molecular weight is 312 g/mol. The Morgan fingerprint density at radius 2 is 2.00 bits per heavy atom. The lowest BCUT2D eigenvalue weighted by Gasteiger charge is -2.06. The van der Waals surface area contributed by atoms with Crippen molar-refractivity contribution in [3.63, 3.8) is 0 Å². The molecule has 2 amide bonds. The topological polar surface area (TPSA) is 95.5 Å². The molecule has 0 aromatic carbocycles. The summed E-state index contributed by atoms with van der Waals surface area (Å²) in [6, 6.07) is 1.72. The molecule has 0 spiro atoms. The highest BCUT2D eigenvalue weighted by atomic mass is 32.1. The molecule has 0 aliphatic carbocycles. The van der Waals surface area contributed by atoms with E-state index >= 15 is 0 Å². The molecule has 6 nitrogen and oxygen atoms in total. The third-order valence-electron chi connectivity index (χ3n) is 2.68. The minimum atomic E-state index is -0.886. The second-order valence-corrected chi connectivity index (χ2v) is 5.91. The fourth-order valence-corrected chi connectivity index (χ4v) is 2.65. The molecule has 0 unspecified atom stereocenters. The number of anilines is 1. The van der Waals surface area contributed by atoms with Crippen molar-refractivity contribution < 1.29 is 19.5 Å². The van der Waals surface area contributed by atoms with Gasteiger partial charge >= 0.3 is 5.97 Å². The van der Waals surface area contributed by atoms with E-state index in [1.807, 2.05) is 13.8 Å². The molecule has 0 aliphatic rings. The molecular formula is C14H20N2O4S. The van der Waals surface area contributed by atoms with Crippen LogP contribution in [-0.2, 0) is 9.59 Å². The molecule has 116 valence electrons. The zero-order valence-electron chi connectivity index (χ0n) is 12.2. The van der Waals surface area contributed by atoms with Crippen molar-refractivity contribution in [1.82, 2.24) is 5.32 Å². The van der Waals surface area contributed by atoms with Crippen molar-refractivity contribution in [1.29, 1.82) is 0 Å². The van der Waals surface area contributed by atoms with Gasteiger partial charge in [0.25, 0.3) is 5.91 Å². The molecule has 1 aromatic rings. The van der Waals surface area contributed by atoms with E-state index in [1.165, 1.54) is 11.3 Å². The second kappa shape index (κ2) is 8.41. The first-order chi connectivity index (χ1) is 9.93. The van der Waals surface area contributed by atoms with E-state index in [9.17, 15) is 14.4 Å². The number of aliphatic carboxylic acids is 1. The van der Waals surface area contributed by atoms with E-state index in [-0.39, 0.29) is 18.2 Å². The lowest BCUT2D eigenvalue weighted by atomic mass is 10.2. The van der Waals surface area contributed by atoms with Gasteiger partial charge in [0.2, 0.25) is 5.91 Å².